The summed E-state index contributed by atoms with van der Waals surface area (Å²) in [7, 11) is 4.16. The van der Waals surface area contributed by atoms with E-state index in [-0.39, 0.29) is 58.8 Å². The van der Waals surface area contributed by atoms with E-state index in [9.17, 15) is 24.0 Å². The van der Waals surface area contributed by atoms with Crippen molar-refractivity contribution in [1.82, 2.24) is 10.2 Å². The topological polar surface area (TPSA) is 130 Å². The number of ether oxygens (including phenoxy) is 1. The van der Waals surface area contributed by atoms with Gasteiger partial charge in [-0.25, -0.2) is 0 Å². The second kappa shape index (κ2) is 15.2. The number of nitrogens with zero attached hydrogens (tertiary/aromatic N) is 1. The zero-order valence-corrected chi connectivity index (χ0v) is 33.5. The molecule has 9 nitrogen and oxygen atoms in total. The second-order valence-electron chi connectivity index (χ2n) is 17.9. The minimum absolute atomic E-state index is 0.0549. The molecule has 0 aromatic rings. The summed E-state index contributed by atoms with van der Waals surface area (Å²) in [5.41, 5.74) is 0.495. The number of ketones is 1. The van der Waals surface area contributed by atoms with Crippen molar-refractivity contribution in [3.63, 3.8) is 0 Å². The third kappa shape index (κ3) is 7.10. The average molecular weight is 701 g/mol. The smallest absolute Gasteiger partial charge is 0.311 e. The summed E-state index contributed by atoms with van der Waals surface area (Å²) < 4.78 is 6.15. The number of carbonyl (C=O) groups excluding carboxylic acids is 5. The Labute approximate surface area is 302 Å². The molecule has 50 heavy (non-hydrogen) atoms. The molecule has 8 unspecified atom stereocenters. The minimum Gasteiger partial charge on any atom is -0.462 e. The first-order valence-electron chi connectivity index (χ1n) is 19.2. The number of nitrogens with one attached hydrogen (secondary N) is 1. The van der Waals surface area contributed by atoms with Crippen LogP contribution in [0.1, 0.15) is 133 Å². The first-order chi connectivity index (χ1) is 23.2. The Morgan fingerprint density at radius 1 is 0.940 bits per heavy atom. The summed E-state index contributed by atoms with van der Waals surface area (Å²) in [5.74, 6) is 0.195. The quantitative estimate of drug-likeness (QED) is 0.179. The predicted molar refractivity (Wildman–Crippen MR) is 196 cm³/mol. The molecule has 284 valence electrons. The fourth-order valence-corrected chi connectivity index (χ4v) is 11.7. The lowest BCUT2D eigenvalue weighted by atomic mass is 9.37. The average Bonchev–Trinajstić information content (AvgIpc) is 3.35. The van der Waals surface area contributed by atoms with Gasteiger partial charge in [-0.05, 0) is 103 Å². The highest BCUT2D eigenvalue weighted by Gasteiger charge is 2.67. The number of carbonyl (C=O) groups is 5. The van der Waals surface area contributed by atoms with Crippen LogP contribution in [0, 0.1) is 51.2 Å². The maximum atomic E-state index is 13.7. The highest BCUT2D eigenvalue weighted by molar-refractivity contribution is 6.35. The molecule has 0 aromatic carbocycles. The van der Waals surface area contributed by atoms with E-state index in [0.29, 0.717) is 24.2 Å². The Balaban J connectivity index is 0.00000163. The number of esters is 1. The van der Waals surface area contributed by atoms with Gasteiger partial charge >= 0.3 is 17.8 Å². The van der Waals surface area contributed by atoms with Crippen molar-refractivity contribution < 1.29 is 33.8 Å². The summed E-state index contributed by atoms with van der Waals surface area (Å²) in [5, 5.41) is 10.1. The molecule has 8 atom stereocenters. The highest BCUT2D eigenvalue weighted by atomic mass is 16.5. The number of hydrogen-bond donors (Lipinski definition) is 2. The molecule has 9 heteroatoms. The zero-order valence-electron chi connectivity index (χ0n) is 33.5. The molecule has 0 heterocycles. The molecule has 0 aliphatic heterocycles. The molecule has 2 amide bonds. The molecule has 0 radical (unpaired) electrons. The normalized spacial score (nSPS) is 35.4. The lowest BCUT2D eigenvalue weighted by Crippen LogP contribution is -2.64. The first-order valence-corrected chi connectivity index (χ1v) is 19.2. The van der Waals surface area contributed by atoms with Gasteiger partial charge < -0.3 is 24.9 Å². The summed E-state index contributed by atoms with van der Waals surface area (Å²) in [6.45, 7) is 21.3. The number of rotatable bonds is 6. The van der Waals surface area contributed by atoms with Crippen molar-refractivity contribution in [2.75, 3.05) is 21.2 Å². The minimum atomic E-state index is -0.771. The van der Waals surface area contributed by atoms with Crippen LogP contribution in [-0.2, 0) is 28.7 Å². The van der Waals surface area contributed by atoms with Gasteiger partial charge in [-0.2, -0.15) is 0 Å². The third-order valence-electron chi connectivity index (χ3n) is 13.7. The molecule has 5 aliphatic rings. The van der Waals surface area contributed by atoms with Crippen molar-refractivity contribution >= 4 is 29.9 Å². The van der Waals surface area contributed by atoms with Gasteiger partial charge in [0, 0.05) is 38.5 Å². The number of Topliss-reactive ketones (excluding diaryl/α,β-unsaturated/α-hetero) is 1. The number of likely N-dealkylation sites (N-methyl/N-ethyl adjacent to an activating group) is 1. The van der Waals surface area contributed by atoms with Crippen molar-refractivity contribution in [1.29, 1.82) is 0 Å². The van der Waals surface area contributed by atoms with E-state index in [0.717, 1.165) is 69.5 Å². The number of hydrogen-bond acceptors (Lipinski definition) is 7. The Kier molecular flexibility index (Phi) is 12.7. The molecular weight excluding hydrogens is 632 g/mol. The van der Waals surface area contributed by atoms with Gasteiger partial charge in [0.1, 0.15) is 12.4 Å². The number of aliphatic hydroxyl groups excluding tert-OH is 1. The molecular formula is C41H68N2O7. The van der Waals surface area contributed by atoms with Crippen LogP contribution in [0.5, 0.6) is 0 Å². The van der Waals surface area contributed by atoms with E-state index in [4.69, 9.17) is 9.84 Å². The van der Waals surface area contributed by atoms with Crippen LogP contribution in [0.4, 0.5) is 0 Å². The molecule has 0 bridgehead atoms. The summed E-state index contributed by atoms with van der Waals surface area (Å²) in [6.07, 6.45) is 8.61. The largest absolute Gasteiger partial charge is 0.462 e. The lowest BCUT2D eigenvalue weighted by Gasteiger charge is -2.68. The monoisotopic (exact) mass is 701 g/mol. The summed E-state index contributed by atoms with van der Waals surface area (Å²) in [4.78, 5) is 65.2. The Morgan fingerprint density at radius 2 is 1.54 bits per heavy atom. The molecule has 0 saturated heterocycles. The molecule has 0 aromatic heterocycles. The molecule has 4 saturated carbocycles. The van der Waals surface area contributed by atoms with Crippen LogP contribution >= 0.6 is 0 Å². The van der Waals surface area contributed by atoms with Gasteiger partial charge in [0.15, 0.2) is 5.78 Å². The van der Waals surface area contributed by atoms with Gasteiger partial charge in [-0.3, -0.25) is 19.2 Å². The Hall–Kier alpha value is -2.55. The number of aliphatic hydroxyl groups is 1. The van der Waals surface area contributed by atoms with Gasteiger partial charge in [-0.1, -0.05) is 69.2 Å². The van der Waals surface area contributed by atoms with Crippen molar-refractivity contribution in [2.24, 2.45) is 51.2 Å². The number of aldehydes is 1. The molecule has 2 N–H and O–H groups in total. The van der Waals surface area contributed by atoms with Crippen LogP contribution in [-0.4, -0.2) is 72.7 Å². The van der Waals surface area contributed by atoms with Crippen LogP contribution in [0.3, 0.4) is 0 Å². The van der Waals surface area contributed by atoms with Crippen LogP contribution < -0.4 is 5.32 Å². The van der Waals surface area contributed by atoms with Crippen LogP contribution in [0.25, 0.3) is 0 Å². The van der Waals surface area contributed by atoms with E-state index in [2.05, 4.69) is 46.9 Å². The maximum Gasteiger partial charge on any atom is 0.311 e. The predicted octanol–water partition coefficient (Wildman–Crippen LogP) is 6.70. The standard InChI is InChI=1S/C38H58N2O6.C2H6.CH4O/c1-22(2)30-25(42)19-38(39-32(44)33(45)40(9)10)18-13-24-23(31(30)38)11-12-27-36(24,7)16-14-26-35(5,6)28(15-17-37(26,27)8)46-29(43)20-34(3,4)21-41;2*1-2/h21-24,26-28H,11-20H2,1-10H3,(H,39,44);1-2H3;2H,1H3. The van der Waals surface area contributed by atoms with E-state index < -0.39 is 22.8 Å². The maximum absolute atomic E-state index is 13.7. The van der Waals surface area contributed by atoms with Crippen molar-refractivity contribution in [3.05, 3.63) is 11.1 Å². The van der Waals surface area contributed by atoms with Gasteiger partial charge in [-0.15, -0.1) is 0 Å². The van der Waals surface area contributed by atoms with E-state index in [1.807, 2.05) is 13.8 Å². The highest BCUT2D eigenvalue weighted by Crippen LogP contribution is 2.72. The summed E-state index contributed by atoms with van der Waals surface area (Å²) in [6, 6.07) is 0. The fraction of sp³-hybridized carbons (Fsp3) is 0.829. The van der Waals surface area contributed by atoms with Gasteiger partial charge in [0.2, 0.25) is 0 Å². The van der Waals surface area contributed by atoms with Gasteiger partial charge in [0.05, 0.1) is 12.0 Å². The number of fused-ring (bicyclic) bond motifs is 7. The SMILES string of the molecule is CC.CC(C)C1=C2C3CCC4C(C)(CCC5C(C)(C)C(OC(=O)CC(C)(C)C=O)CCC54C)C3CCC2(NC(=O)C(=O)N(C)C)CC1=O.CO. The van der Waals surface area contributed by atoms with Gasteiger partial charge in [0.25, 0.3) is 0 Å². The second-order valence-corrected chi connectivity index (χ2v) is 17.9. The molecule has 0 spiro atoms. The zero-order chi connectivity index (χ0) is 38.2. The van der Waals surface area contributed by atoms with Crippen molar-refractivity contribution in [3.8, 4) is 0 Å². The van der Waals surface area contributed by atoms with Crippen molar-refractivity contribution in [2.45, 2.75) is 145 Å². The first kappa shape index (κ1) is 41.9. The summed E-state index contributed by atoms with van der Waals surface area (Å²) >= 11 is 0. The number of allylic oxidation sites excluding steroid dienone is 1. The van der Waals surface area contributed by atoms with Crippen LogP contribution in [0.2, 0.25) is 0 Å². The third-order valence-corrected chi connectivity index (χ3v) is 13.7. The van der Waals surface area contributed by atoms with Crippen LogP contribution in [0.15, 0.2) is 11.1 Å². The molecule has 5 aliphatic carbocycles. The van der Waals surface area contributed by atoms with E-state index >= 15 is 0 Å². The van der Waals surface area contributed by atoms with E-state index in [1.54, 1.807) is 27.9 Å². The fourth-order valence-electron chi connectivity index (χ4n) is 11.7. The Bertz CT molecular complexity index is 1350. The lowest BCUT2D eigenvalue weighted by molar-refractivity contribution is -0.213. The molecule has 5 rings (SSSR count). The number of amides is 2. The Morgan fingerprint density at radius 3 is 2.10 bits per heavy atom. The van der Waals surface area contributed by atoms with E-state index in [1.165, 1.54) is 4.90 Å². The molecule has 4 fully saturated rings.